The van der Waals surface area contributed by atoms with Gasteiger partial charge in [0.1, 0.15) is 6.61 Å². The molecular weight excluding hydrogens is 250 g/mol. The van der Waals surface area contributed by atoms with Crippen molar-refractivity contribution in [3.8, 4) is 5.75 Å². The first-order valence-corrected chi connectivity index (χ1v) is 5.74. The first-order chi connectivity index (χ1) is 9.10. The number of benzene rings is 1. The highest BCUT2D eigenvalue weighted by Gasteiger charge is 2.18. The Hall–Kier alpha value is -2.37. The lowest BCUT2D eigenvalue weighted by molar-refractivity contribution is -0.385. The minimum atomic E-state index is -0.605. The molecule has 0 heterocycles. The highest BCUT2D eigenvalue weighted by molar-refractivity contribution is 5.90. The molecule has 0 bridgehead atoms. The Bertz CT molecular complexity index is 496. The number of allylic oxidation sites excluding steroid dienone is 1. The summed E-state index contributed by atoms with van der Waals surface area (Å²) in [4.78, 5) is 21.9. The zero-order valence-electron chi connectivity index (χ0n) is 10.8. The second-order valence-electron chi connectivity index (χ2n) is 3.62. The molecule has 0 spiro atoms. The van der Waals surface area contributed by atoms with Crippen molar-refractivity contribution in [3.05, 3.63) is 46.0 Å². The van der Waals surface area contributed by atoms with Crippen LogP contribution in [0, 0.1) is 10.1 Å². The van der Waals surface area contributed by atoms with Crippen molar-refractivity contribution in [1.29, 1.82) is 0 Å². The zero-order valence-corrected chi connectivity index (χ0v) is 10.8. The van der Waals surface area contributed by atoms with Crippen LogP contribution in [0.15, 0.2) is 30.4 Å². The molecule has 0 aliphatic carbocycles. The number of hydrogen-bond acceptors (Lipinski definition) is 5. The van der Waals surface area contributed by atoms with Crippen LogP contribution < -0.4 is 4.74 Å². The van der Waals surface area contributed by atoms with Gasteiger partial charge in [0.15, 0.2) is 5.75 Å². The van der Waals surface area contributed by atoms with Gasteiger partial charge in [-0.25, -0.2) is 4.79 Å². The maximum Gasteiger partial charge on any atom is 0.338 e. The molecule has 102 valence electrons. The molecular formula is C13H15NO5. The summed E-state index contributed by atoms with van der Waals surface area (Å²) in [5.74, 6) is -0.501. The number of hydrogen-bond donors (Lipinski definition) is 0. The predicted octanol–water partition coefficient (Wildman–Crippen LogP) is 2.73. The van der Waals surface area contributed by atoms with Gasteiger partial charge in [-0.2, -0.15) is 0 Å². The first-order valence-electron chi connectivity index (χ1n) is 5.74. The molecule has 0 saturated heterocycles. The number of ether oxygens (including phenoxy) is 2. The van der Waals surface area contributed by atoms with Crippen LogP contribution in [0.1, 0.15) is 23.7 Å². The van der Waals surface area contributed by atoms with E-state index in [4.69, 9.17) is 9.47 Å². The van der Waals surface area contributed by atoms with E-state index in [1.807, 2.05) is 13.0 Å². The number of carbonyl (C=O) groups excluding carboxylic acids is 1. The fraction of sp³-hybridized carbons (Fsp3) is 0.308. The van der Waals surface area contributed by atoms with Gasteiger partial charge < -0.3 is 9.47 Å². The number of rotatable bonds is 6. The van der Waals surface area contributed by atoms with Crippen LogP contribution in [0.25, 0.3) is 0 Å². The Kier molecular flexibility index (Phi) is 5.53. The van der Waals surface area contributed by atoms with E-state index >= 15 is 0 Å². The maximum absolute atomic E-state index is 11.7. The number of nitrogens with zero attached hydrogens (tertiary/aromatic N) is 1. The summed E-state index contributed by atoms with van der Waals surface area (Å²) in [6.07, 6.45) is 4.44. The summed E-state index contributed by atoms with van der Waals surface area (Å²) in [5, 5.41) is 10.8. The molecule has 1 aromatic rings. The van der Waals surface area contributed by atoms with Gasteiger partial charge >= 0.3 is 11.7 Å². The van der Waals surface area contributed by atoms with Crippen molar-refractivity contribution in [3.63, 3.8) is 0 Å². The second-order valence-corrected chi connectivity index (χ2v) is 3.62. The van der Waals surface area contributed by atoms with E-state index in [2.05, 4.69) is 0 Å². The Morgan fingerprint density at radius 3 is 2.74 bits per heavy atom. The topological polar surface area (TPSA) is 78.7 Å². The molecule has 6 nitrogen and oxygen atoms in total. The van der Waals surface area contributed by atoms with Gasteiger partial charge in [0, 0.05) is 6.07 Å². The van der Waals surface area contributed by atoms with E-state index < -0.39 is 10.9 Å². The van der Waals surface area contributed by atoms with Gasteiger partial charge in [-0.15, -0.1) is 0 Å². The molecule has 6 heteroatoms. The molecule has 1 aromatic carbocycles. The third-order valence-corrected chi connectivity index (χ3v) is 2.32. The second kappa shape index (κ2) is 7.15. The Balaban J connectivity index is 2.83. The van der Waals surface area contributed by atoms with Crippen LogP contribution in [0.5, 0.6) is 5.75 Å². The maximum atomic E-state index is 11.7. The van der Waals surface area contributed by atoms with Crippen LogP contribution in [0.2, 0.25) is 0 Å². The molecule has 0 saturated carbocycles. The highest BCUT2D eigenvalue weighted by atomic mass is 16.6. The Morgan fingerprint density at radius 1 is 1.42 bits per heavy atom. The fourth-order valence-electron chi connectivity index (χ4n) is 1.40. The van der Waals surface area contributed by atoms with E-state index in [9.17, 15) is 14.9 Å². The van der Waals surface area contributed by atoms with Crippen molar-refractivity contribution in [2.75, 3.05) is 13.7 Å². The molecule has 0 aromatic heterocycles. The number of esters is 1. The standard InChI is InChI=1S/C13H15NO5/c1-3-4-5-8-19-13(15)10-6-7-12(18-2)11(9-10)14(16)17/h4-7,9H,3,8H2,1-2H3. The third kappa shape index (κ3) is 4.09. The SMILES string of the molecule is CCC=CCOC(=O)c1ccc(OC)c([N+](=O)[O-])c1. The molecule has 0 radical (unpaired) electrons. The van der Waals surface area contributed by atoms with E-state index in [1.54, 1.807) is 6.08 Å². The lowest BCUT2D eigenvalue weighted by atomic mass is 10.2. The molecule has 0 atom stereocenters. The number of carbonyl (C=O) groups is 1. The summed E-state index contributed by atoms with van der Waals surface area (Å²) in [5.41, 5.74) is -0.140. The van der Waals surface area contributed by atoms with Crippen LogP contribution in [0.3, 0.4) is 0 Å². The quantitative estimate of drug-likeness (QED) is 0.342. The van der Waals surface area contributed by atoms with E-state index in [0.29, 0.717) is 0 Å². The summed E-state index contributed by atoms with van der Waals surface area (Å²) >= 11 is 0. The van der Waals surface area contributed by atoms with E-state index in [1.165, 1.54) is 19.2 Å². The van der Waals surface area contributed by atoms with Crippen molar-refractivity contribution in [2.45, 2.75) is 13.3 Å². The monoisotopic (exact) mass is 265 g/mol. The highest BCUT2D eigenvalue weighted by Crippen LogP contribution is 2.27. The van der Waals surface area contributed by atoms with Gasteiger partial charge in [0.2, 0.25) is 0 Å². The van der Waals surface area contributed by atoms with E-state index in [0.717, 1.165) is 12.5 Å². The van der Waals surface area contributed by atoms with Crippen molar-refractivity contribution in [1.82, 2.24) is 0 Å². The summed E-state index contributed by atoms with van der Waals surface area (Å²) in [6, 6.07) is 3.94. The van der Waals surface area contributed by atoms with Gasteiger partial charge in [-0.1, -0.05) is 19.1 Å². The molecule has 0 amide bonds. The zero-order chi connectivity index (χ0) is 14.3. The first kappa shape index (κ1) is 14.7. The molecule has 19 heavy (non-hydrogen) atoms. The summed E-state index contributed by atoms with van der Waals surface area (Å²) in [6.45, 7) is 2.11. The predicted molar refractivity (Wildman–Crippen MR) is 69.4 cm³/mol. The molecule has 1 rings (SSSR count). The largest absolute Gasteiger partial charge is 0.490 e. The van der Waals surface area contributed by atoms with Gasteiger partial charge in [0.05, 0.1) is 17.6 Å². The minimum absolute atomic E-state index is 0.104. The molecule has 0 fully saturated rings. The fourth-order valence-corrected chi connectivity index (χ4v) is 1.40. The lowest BCUT2D eigenvalue weighted by Gasteiger charge is -2.04. The average Bonchev–Trinajstić information content (AvgIpc) is 2.42. The van der Waals surface area contributed by atoms with Crippen molar-refractivity contribution in [2.24, 2.45) is 0 Å². The minimum Gasteiger partial charge on any atom is -0.490 e. The average molecular weight is 265 g/mol. The van der Waals surface area contributed by atoms with Gasteiger partial charge in [-0.3, -0.25) is 10.1 Å². The van der Waals surface area contributed by atoms with Crippen molar-refractivity contribution < 1.29 is 19.2 Å². The van der Waals surface area contributed by atoms with Gasteiger partial charge in [-0.05, 0) is 18.6 Å². The molecule has 0 aliphatic rings. The van der Waals surface area contributed by atoms with Crippen molar-refractivity contribution >= 4 is 11.7 Å². The lowest BCUT2D eigenvalue weighted by Crippen LogP contribution is -2.06. The van der Waals surface area contributed by atoms with Crippen LogP contribution in [0.4, 0.5) is 5.69 Å². The number of methoxy groups -OCH3 is 1. The van der Waals surface area contributed by atoms with Gasteiger partial charge in [0.25, 0.3) is 0 Å². The van der Waals surface area contributed by atoms with E-state index in [-0.39, 0.29) is 23.6 Å². The summed E-state index contributed by atoms with van der Waals surface area (Å²) in [7, 11) is 1.33. The Morgan fingerprint density at radius 2 is 2.16 bits per heavy atom. The van der Waals surface area contributed by atoms with Crippen LogP contribution in [-0.4, -0.2) is 24.6 Å². The molecule has 0 unspecified atom stereocenters. The molecule has 0 aliphatic heterocycles. The third-order valence-electron chi connectivity index (χ3n) is 2.32. The Labute approximate surface area is 110 Å². The summed E-state index contributed by atoms with van der Waals surface area (Å²) < 4.78 is 9.80. The smallest absolute Gasteiger partial charge is 0.338 e. The van der Waals surface area contributed by atoms with Crippen LogP contribution >= 0.6 is 0 Å². The number of nitro benzene ring substituents is 1. The number of nitro groups is 1. The van der Waals surface area contributed by atoms with Crippen LogP contribution in [-0.2, 0) is 4.74 Å². The normalized spacial score (nSPS) is 10.4. The molecule has 0 N–H and O–H groups in total.